The van der Waals surface area contributed by atoms with Gasteiger partial charge in [0.25, 0.3) is 11.5 Å². The summed E-state index contributed by atoms with van der Waals surface area (Å²) < 4.78 is 27.5. The third kappa shape index (κ3) is 4.39. The van der Waals surface area contributed by atoms with Crippen LogP contribution in [0.5, 0.6) is 0 Å². The fraction of sp³-hybridized carbons (Fsp3) is 0.562. The number of carbonyl (C=O) groups is 1. The quantitative estimate of drug-likeness (QED) is 0.766. The van der Waals surface area contributed by atoms with E-state index in [1.807, 2.05) is 0 Å². The first-order valence-electron chi connectivity index (χ1n) is 8.25. The molecular weight excluding hydrogens is 386 g/mol. The zero-order valence-electron chi connectivity index (χ0n) is 14.1. The van der Waals surface area contributed by atoms with Crippen molar-refractivity contribution >= 4 is 39.9 Å². The fourth-order valence-corrected chi connectivity index (χ4v) is 4.17. The Labute approximate surface area is 159 Å². The molecule has 0 radical (unpaired) electrons. The second kappa shape index (κ2) is 8.41. The molecule has 0 saturated heterocycles. The van der Waals surface area contributed by atoms with Gasteiger partial charge >= 0.3 is 0 Å². The van der Waals surface area contributed by atoms with Crippen LogP contribution in [0.1, 0.15) is 29.7 Å². The van der Waals surface area contributed by atoms with Gasteiger partial charge in [-0.3, -0.25) is 14.2 Å². The van der Waals surface area contributed by atoms with Crippen LogP contribution in [0.15, 0.2) is 11.1 Å². The first-order valence-corrected chi connectivity index (χ1v) is 9.07. The van der Waals surface area contributed by atoms with Crippen LogP contribution >= 0.6 is 23.7 Å². The van der Waals surface area contributed by atoms with Crippen molar-refractivity contribution in [3.63, 3.8) is 0 Å². The Morgan fingerprint density at radius 3 is 2.85 bits per heavy atom. The number of thiophene rings is 1. The third-order valence-electron chi connectivity index (χ3n) is 4.36. The van der Waals surface area contributed by atoms with Crippen LogP contribution in [0.3, 0.4) is 0 Å². The van der Waals surface area contributed by atoms with Gasteiger partial charge in [-0.1, -0.05) is 0 Å². The van der Waals surface area contributed by atoms with Gasteiger partial charge in [0.1, 0.15) is 4.83 Å². The first-order chi connectivity index (χ1) is 11.9. The van der Waals surface area contributed by atoms with E-state index in [4.69, 9.17) is 5.73 Å². The lowest BCUT2D eigenvalue weighted by Gasteiger charge is -2.14. The highest BCUT2D eigenvalue weighted by Crippen LogP contribution is 2.33. The molecule has 6 nitrogen and oxygen atoms in total. The minimum atomic E-state index is -3.12. The van der Waals surface area contributed by atoms with E-state index >= 15 is 0 Å². The summed E-state index contributed by atoms with van der Waals surface area (Å²) in [6.45, 7) is -1.52. The molecule has 1 aliphatic rings. The monoisotopic (exact) mass is 406 g/mol. The molecule has 144 valence electrons. The molecule has 0 saturated carbocycles. The largest absolute Gasteiger partial charge is 0.350 e. The number of aryl methyl sites for hydroxylation is 3. The highest BCUT2D eigenvalue weighted by Gasteiger charge is 2.27. The number of nitrogens with two attached hydrogens (primary N) is 1. The van der Waals surface area contributed by atoms with Crippen LogP contribution in [-0.2, 0) is 24.2 Å². The molecule has 2 heterocycles. The number of halogens is 3. The Morgan fingerprint density at radius 1 is 1.38 bits per heavy atom. The molecule has 0 spiro atoms. The van der Waals surface area contributed by atoms with Gasteiger partial charge in [0.05, 0.1) is 24.8 Å². The molecule has 0 aromatic carbocycles. The molecule has 0 unspecified atom stereocenters. The Balaban J connectivity index is 0.00000243. The molecular formula is C16H21ClF2N4O2S. The highest BCUT2D eigenvalue weighted by molar-refractivity contribution is 7.18. The van der Waals surface area contributed by atoms with Crippen molar-refractivity contribution in [3.05, 3.63) is 27.1 Å². The Hall–Kier alpha value is -1.58. The van der Waals surface area contributed by atoms with Crippen LogP contribution in [0.4, 0.5) is 8.78 Å². The molecule has 2 aromatic rings. The summed E-state index contributed by atoms with van der Waals surface area (Å²) in [7, 11) is 0. The zero-order valence-corrected chi connectivity index (χ0v) is 15.7. The number of amides is 1. The smallest absolute Gasteiger partial charge is 0.277 e. The van der Waals surface area contributed by atoms with Crippen molar-refractivity contribution in [2.24, 2.45) is 5.73 Å². The average molecular weight is 407 g/mol. The van der Waals surface area contributed by atoms with E-state index in [0.717, 1.165) is 36.1 Å². The third-order valence-corrected chi connectivity index (χ3v) is 5.56. The molecule has 0 fully saturated rings. The molecule has 26 heavy (non-hydrogen) atoms. The van der Waals surface area contributed by atoms with Crippen molar-refractivity contribution in [1.82, 2.24) is 14.9 Å². The Bertz CT molecular complexity index is 853. The van der Waals surface area contributed by atoms with Gasteiger partial charge in [0.2, 0.25) is 5.91 Å². The van der Waals surface area contributed by atoms with Gasteiger partial charge in [-0.15, -0.1) is 23.7 Å². The van der Waals surface area contributed by atoms with Gasteiger partial charge in [0, 0.05) is 17.8 Å². The number of carbonyl (C=O) groups excluding carboxylic acids is 1. The molecule has 3 rings (SSSR count). The predicted molar refractivity (Wildman–Crippen MR) is 99.4 cm³/mol. The van der Waals surface area contributed by atoms with Crippen LogP contribution in [-0.4, -0.2) is 34.5 Å². The van der Waals surface area contributed by atoms with Crippen LogP contribution in [0, 0.1) is 0 Å². The van der Waals surface area contributed by atoms with E-state index in [2.05, 4.69) is 10.3 Å². The maximum absolute atomic E-state index is 13.0. The van der Waals surface area contributed by atoms with E-state index in [1.54, 1.807) is 11.3 Å². The lowest BCUT2D eigenvalue weighted by Crippen LogP contribution is -2.41. The van der Waals surface area contributed by atoms with E-state index < -0.39 is 24.9 Å². The summed E-state index contributed by atoms with van der Waals surface area (Å²) in [5.74, 6) is -3.67. The highest BCUT2D eigenvalue weighted by atomic mass is 35.5. The first kappa shape index (κ1) is 20.7. The number of hydrogen-bond donors (Lipinski definition) is 2. The second-order valence-electron chi connectivity index (χ2n) is 6.22. The Kier molecular flexibility index (Phi) is 6.70. The van der Waals surface area contributed by atoms with E-state index in [-0.39, 0.29) is 30.9 Å². The van der Waals surface area contributed by atoms with Crippen molar-refractivity contribution in [2.45, 2.75) is 44.6 Å². The summed E-state index contributed by atoms with van der Waals surface area (Å²) in [5.41, 5.74) is 5.85. The van der Waals surface area contributed by atoms with Crippen LogP contribution in [0.2, 0.25) is 0 Å². The lowest BCUT2D eigenvalue weighted by molar-refractivity contribution is -0.123. The Morgan fingerprint density at radius 2 is 2.12 bits per heavy atom. The molecule has 0 bridgehead atoms. The molecule has 1 aliphatic carbocycles. The number of fused-ring (bicyclic) bond motifs is 3. The van der Waals surface area contributed by atoms with Crippen molar-refractivity contribution in [3.8, 4) is 0 Å². The maximum Gasteiger partial charge on any atom is 0.277 e. The van der Waals surface area contributed by atoms with Crippen LogP contribution < -0.4 is 16.6 Å². The maximum atomic E-state index is 13.0. The lowest BCUT2D eigenvalue weighted by atomic mass is 9.97. The second-order valence-corrected chi connectivity index (χ2v) is 7.30. The molecule has 0 aliphatic heterocycles. The number of nitrogens with one attached hydrogen (secondary N) is 1. The minimum absolute atomic E-state index is 0. The normalized spacial score (nSPS) is 14.0. The van der Waals surface area contributed by atoms with Gasteiger partial charge in [-0.05, 0) is 31.2 Å². The zero-order chi connectivity index (χ0) is 18.0. The minimum Gasteiger partial charge on any atom is -0.350 e. The van der Waals surface area contributed by atoms with Gasteiger partial charge in [0.15, 0.2) is 0 Å². The molecule has 2 aromatic heterocycles. The fourth-order valence-electron chi connectivity index (χ4n) is 2.95. The van der Waals surface area contributed by atoms with Crippen LogP contribution in [0.25, 0.3) is 10.2 Å². The average Bonchev–Trinajstić information content (AvgIpc) is 2.99. The predicted octanol–water partition coefficient (Wildman–Crippen LogP) is 1.86. The summed E-state index contributed by atoms with van der Waals surface area (Å²) in [6.07, 6.45) is 5.40. The molecule has 0 atom stereocenters. The van der Waals surface area contributed by atoms with E-state index in [1.165, 1.54) is 15.8 Å². The van der Waals surface area contributed by atoms with Gasteiger partial charge in [-0.25, -0.2) is 13.8 Å². The van der Waals surface area contributed by atoms with Crippen molar-refractivity contribution in [2.75, 3.05) is 13.1 Å². The number of aromatic nitrogens is 2. The number of hydrogen-bond acceptors (Lipinski definition) is 5. The van der Waals surface area contributed by atoms with Gasteiger partial charge < -0.3 is 11.1 Å². The van der Waals surface area contributed by atoms with E-state index in [0.29, 0.717) is 5.39 Å². The summed E-state index contributed by atoms with van der Waals surface area (Å²) in [6, 6.07) is 0. The van der Waals surface area contributed by atoms with Crippen molar-refractivity contribution < 1.29 is 13.6 Å². The van der Waals surface area contributed by atoms with E-state index in [9.17, 15) is 18.4 Å². The topological polar surface area (TPSA) is 90.0 Å². The molecule has 1 amide bonds. The number of nitrogens with zero attached hydrogens (tertiary/aromatic N) is 2. The SMILES string of the molecule is Cl.NCC(F)(F)CNC(=O)CCn1cnc2sc3c(c2c1=O)CCCC3. The summed E-state index contributed by atoms with van der Waals surface area (Å²) >= 11 is 1.56. The molecule has 3 N–H and O–H groups in total. The molecule has 10 heteroatoms. The summed E-state index contributed by atoms with van der Waals surface area (Å²) in [5, 5.41) is 2.79. The standard InChI is InChI=1S/C16H20F2N4O2S.ClH/c17-16(18,7-19)8-20-12(23)5-6-22-9-21-14-13(15(22)24)10-3-1-2-4-11(10)25-14;/h9H,1-8,19H2,(H,20,23);1H. The number of rotatable bonds is 6. The number of alkyl halides is 2. The van der Waals surface area contributed by atoms with Crippen molar-refractivity contribution in [1.29, 1.82) is 0 Å². The van der Waals surface area contributed by atoms with Gasteiger partial charge in [-0.2, -0.15) is 0 Å². The summed E-state index contributed by atoms with van der Waals surface area (Å²) in [4.78, 5) is 30.7.